The summed E-state index contributed by atoms with van der Waals surface area (Å²) >= 11 is 1.61. The molecule has 0 unspecified atom stereocenters. The number of nitrogens with one attached hydrogen (secondary N) is 1. The molecule has 0 aliphatic rings. The lowest BCUT2D eigenvalue weighted by Gasteiger charge is -2.11. The van der Waals surface area contributed by atoms with Crippen molar-refractivity contribution >= 4 is 17.7 Å². The molecule has 4 rings (SSSR count). The van der Waals surface area contributed by atoms with E-state index in [4.69, 9.17) is 0 Å². The molecule has 0 radical (unpaired) electrons. The zero-order valence-corrected chi connectivity index (χ0v) is 18.3. The average Bonchev–Trinajstić information content (AvgIpc) is 3.17. The molecule has 2 aromatic heterocycles. The van der Waals surface area contributed by atoms with Crippen molar-refractivity contribution in [1.82, 2.24) is 25.1 Å². The van der Waals surface area contributed by atoms with Gasteiger partial charge >= 0.3 is 0 Å². The number of amides is 1. The number of nitrogens with zero attached hydrogens (tertiary/aromatic N) is 4. The summed E-state index contributed by atoms with van der Waals surface area (Å²) in [6.07, 6.45) is 3.44. The Morgan fingerprint density at radius 1 is 0.968 bits per heavy atom. The molecule has 7 heteroatoms. The number of carbonyl (C=O) groups excluding carboxylic acids is 1. The summed E-state index contributed by atoms with van der Waals surface area (Å²) in [5, 5.41) is 12.4. The lowest BCUT2D eigenvalue weighted by Crippen LogP contribution is -2.22. The number of hydrogen-bond acceptors (Lipinski definition) is 5. The van der Waals surface area contributed by atoms with Crippen molar-refractivity contribution in [1.29, 1.82) is 0 Å². The highest BCUT2D eigenvalue weighted by molar-refractivity contribution is 7.98. The lowest BCUT2D eigenvalue weighted by atomic mass is 10.1. The first-order valence-electron chi connectivity index (χ1n) is 9.98. The first kappa shape index (κ1) is 20.8. The highest BCUT2D eigenvalue weighted by Crippen LogP contribution is 2.26. The minimum atomic E-state index is -0.0948. The first-order chi connectivity index (χ1) is 15.1. The maximum atomic E-state index is 12.6. The van der Waals surface area contributed by atoms with Crippen LogP contribution in [0.2, 0.25) is 0 Å². The van der Waals surface area contributed by atoms with Crippen LogP contribution in [0, 0.1) is 13.8 Å². The van der Waals surface area contributed by atoms with Crippen LogP contribution in [-0.2, 0) is 12.3 Å². The van der Waals surface area contributed by atoms with Crippen LogP contribution in [0.3, 0.4) is 0 Å². The van der Waals surface area contributed by atoms with Crippen LogP contribution in [0.5, 0.6) is 0 Å². The van der Waals surface area contributed by atoms with Gasteiger partial charge in [0.1, 0.15) is 5.82 Å². The van der Waals surface area contributed by atoms with E-state index in [1.54, 1.807) is 24.2 Å². The quantitative estimate of drug-likeness (QED) is 0.438. The Balaban J connectivity index is 1.45. The van der Waals surface area contributed by atoms with Gasteiger partial charge in [0.05, 0.1) is 5.69 Å². The van der Waals surface area contributed by atoms with Crippen molar-refractivity contribution in [3.8, 4) is 5.69 Å². The molecule has 0 bridgehead atoms. The van der Waals surface area contributed by atoms with Gasteiger partial charge in [-0.3, -0.25) is 14.3 Å². The summed E-state index contributed by atoms with van der Waals surface area (Å²) in [6, 6.07) is 19.7. The molecule has 0 fully saturated rings. The smallest absolute Gasteiger partial charge is 0.251 e. The van der Waals surface area contributed by atoms with Crippen molar-refractivity contribution < 1.29 is 4.79 Å². The van der Waals surface area contributed by atoms with E-state index in [0.717, 1.165) is 27.8 Å². The molecule has 0 saturated carbocycles. The zero-order valence-electron chi connectivity index (χ0n) is 17.4. The molecule has 0 atom stereocenters. The zero-order chi connectivity index (χ0) is 21.6. The number of para-hydroxylation sites is 1. The second-order valence-corrected chi connectivity index (χ2v) is 8.12. The van der Waals surface area contributed by atoms with Crippen molar-refractivity contribution in [3.05, 3.63) is 101 Å². The van der Waals surface area contributed by atoms with Crippen LogP contribution in [-0.4, -0.2) is 25.7 Å². The van der Waals surface area contributed by atoms with E-state index in [2.05, 4.69) is 44.1 Å². The number of hydrogen-bond donors (Lipinski definition) is 1. The van der Waals surface area contributed by atoms with Gasteiger partial charge in [0.2, 0.25) is 0 Å². The molecule has 0 aliphatic carbocycles. The fraction of sp³-hybridized carbons (Fsp3) is 0.167. The van der Waals surface area contributed by atoms with Crippen LogP contribution in [0.1, 0.15) is 32.9 Å². The van der Waals surface area contributed by atoms with Gasteiger partial charge in [0.25, 0.3) is 5.91 Å². The number of benzene rings is 2. The number of thioether (sulfide) groups is 1. The summed E-state index contributed by atoms with van der Waals surface area (Å²) in [5.74, 6) is 1.44. The second kappa shape index (κ2) is 9.57. The topological polar surface area (TPSA) is 72.7 Å². The number of aryl methyl sites for hydroxylation is 2. The summed E-state index contributed by atoms with van der Waals surface area (Å²) < 4.78 is 2.07. The molecule has 6 nitrogen and oxygen atoms in total. The molecule has 2 aromatic carbocycles. The van der Waals surface area contributed by atoms with E-state index in [1.807, 2.05) is 55.5 Å². The molecule has 156 valence electrons. The summed E-state index contributed by atoms with van der Waals surface area (Å²) in [4.78, 5) is 16.6. The number of aromatic nitrogens is 4. The Hall–Kier alpha value is -3.45. The highest BCUT2D eigenvalue weighted by atomic mass is 32.2. The van der Waals surface area contributed by atoms with Crippen molar-refractivity contribution in [2.45, 2.75) is 31.3 Å². The van der Waals surface area contributed by atoms with Gasteiger partial charge in [-0.1, -0.05) is 42.1 Å². The third-order valence-electron chi connectivity index (χ3n) is 4.91. The molecule has 31 heavy (non-hydrogen) atoms. The number of pyridine rings is 1. The van der Waals surface area contributed by atoms with E-state index in [0.29, 0.717) is 17.9 Å². The molecule has 0 spiro atoms. The average molecular weight is 430 g/mol. The number of rotatable bonds is 7. The van der Waals surface area contributed by atoms with Crippen molar-refractivity contribution in [3.63, 3.8) is 0 Å². The third kappa shape index (κ3) is 5.00. The van der Waals surface area contributed by atoms with Gasteiger partial charge < -0.3 is 5.32 Å². The first-order valence-corrected chi connectivity index (χ1v) is 11.0. The predicted octanol–water partition coefficient (Wildman–Crippen LogP) is 4.50. The maximum absolute atomic E-state index is 12.6. The van der Waals surface area contributed by atoms with E-state index in [9.17, 15) is 4.79 Å². The largest absolute Gasteiger partial charge is 0.348 e. The summed E-state index contributed by atoms with van der Waals surface area (Å²) in [5.41, 5.74) is 4.96. The van der Waals surface area contributed by atoms with Gasteiger partial charge in [0.15, 0.2) is 5.16 Å². The fourth-order valence-corrected chi connectivity index (χ4v) is 4.20. The Morgan fingerprint density at radius 3 is 2.58 bits per heavy atom. The molecule has 4 aromatic rings. The maximum Gasteiger partial charge on any atom is 0.251 e. The lowest BCUT2D eigenvalue weighted by molar-refractivity contribution is 0.0951. The molecular weight excluding hydrogens is 406 g/mol. The van der Waals surface area contributed by atoms with Gasteiger partial charge in [-0.25, -0.2) is 0 Å². The molecule has 2 heterocycles. The van der Waals surface area contributed by atoms with Crippen molar-refractivity contribution in [2.75, 3.05) is 0 Å². The van der Waals surface area contributed by atoms with Crippen molar-refractivity contribution in [2.24, 2.45) is 0 Å². The Morgan fingerprint density at radius 2 is 1.77 bits per heavy atom. The van der Waals surface area contributed by atoms with Crippen LogP contribution < -0.4 is 5.32 Å². The fourth-order valence-electron chi connectivity index (χ4n) is 3.26. The summed E-state index contributed by atoms with van der Waals surface area (Å²) in [6.45, 7) is 4.51. The Kier molecular flexibility index (Phi) is 6.43. The van der Waals surface area contributed by atoms with E-state index in [1.165, 1.54) is 5.56 Å². The van der Waals surface area contributed by atoms with Crippen LogP contribution in [0.4, 0.5) is 0 Å². The SMILES string of the molecule is Cc1ccccc1-n1c(C)nnc1SCc1cccc(C(=O)NCc2ccncc2)c1. The monoisotopic (exact) mass is 429 g/mol. The van der Waals surface area contributed by atoms with E-state index < -0.39 is 0 Å². The molecule has 0 saturated heterocycles. The standard InChI is InChI=1S/C24H23N5OS/c1-17-6-3-4-9-22(17)29-18(2)27-28-24(29)31-16-20-7-5-8-21(14-20)23(30)26-15-19-10-12-25-13-11-19/h3-14H,15-16H2,1-2H3,(H,26,30). The van der Waals surface area contributed by atoms with Gasteiger partial charge in [-0.2, -0.15) is 0 Å². The predicted molar refractivity (Wildman–Crippen MR) is 122 cm³/mol. The van der Waals surface area contributed by atoms with Gasteiger partial charge in [-0.15, -0.1) is 10.2 Å². The normalized spacial score (nSPS) is 10.8. The molecule has 0 aliphatic heterocycles. The van der Waals surface area contributed by atoms with Crippen LogP contribution in [0.25, 0.3) is 5.69 Å². The second-order valence-electron chi connectivity index (χ2n) is 7.18. The Bertz CT molecular complexity index is 1190. The molecule has 1 amide bonds. The van der Waals surface area contributed by atoms with E-state index >= 15 is 0 Å². The minimum Gasteiger partial charge on any atom is -0.348 e. The van der Waals surface area contributed by atoms with E-state index in [-0.39, 0.29) is 5.91 Å². The molecular formula is C24H23N5OS. The Labute approximate surface area is 185 Å². The van der Waals surface area contributed by atoms with Crippen LogP contribution in [0.15, 0.2) is 78.2 Å². The van der Waals surface area contributed by atoms with Crippen LogP contribution >= 0.6 is 11.8 Å². The van der Waals surface area contributed by atoms with Gasteiger partial charge in [0, 0.05) is 30.3 Å². The number of carbonyl (C=O) groups is 1. The highest BCUT2D eigenvalue weighted by Gasteiger charge is 2.14. The minimum absolute atomic E-state index is 0.0948. The third-order valence-corrected chi connectivity index (χ3v) is 5.91. The molecule has 1 N–H and O–H groups in total. The summed E-state index contributed by atoms with van der Waals surface area (Å²) in [7, 11) is 0. The van der Waals surface area contributed by atoms with Gasteiger partial charge in [-0.05, 0) is 60.9 Å².